The summed E-state index contributed by atoms with van der Waals surface area (Å²) in [5, 5.41) is 3.08. The third-order valence-corrected chi connectivity index (χ3v) is 4.95. The molecule has 0 unspecified atom stereocenters. The van der Waals surface area contributed by atoms with E-state index in [2.05, 4.69) is 14.9 Å². The van der Waals surface area contributed by atoms with Crippen LogP contribution in [0.25, 0.3) is 11.1 Å². The van der Waals surface area contributed by atoms with Crippen LogP contribution in [0.2, 0.25) is 0 Å². The van der Waals surface area contributed by atoms with Crippen molar-refractivity contribution in [3.8, 4) is 0 Å². The van der Waals surface area contributed by atoms with E-state index in [1.807, 2.05) is 35.8 Å². The predicted octanol–water partition coefficient (Wildman–Crippen LogP) is 3.29. The number of aryl methyl sites for hydroxylation is 1. The highest BCUT2D eigenvalue weighted by atomic mass is 32.1. The van der Waals surface area contributed by atoms with Crippen LogP contribution >= 0.6 is 11.3 Å². The van der Waals surface area contributed by atoms with Crippen molar-refractivity contribution in [3.63, 3.8) is 0 Å². The molecule has 0 amide bonds. The fraction of sp³-hybridized carbons (Fsp3) is 0.412. The molecule has 1 aliphatic rings. The maximum Gasteiger partial charge on any atom is 0.195 e. The van der Waals surface area contributed by atoms with Crippen LogP contribution in [0, 0.1) is 0 Å². The van der Waals surface area contributed by atoms with Gasteiger partial charge in [0, 0.05) is 31.1 Å². The first kappa shape index (κ1) is 14.8. The normalized spacial score (nSPS) is 19.4. The molecule has 4 rings (SSSR count). The lowest BCUT2D eigenvalue weighted by molar-refractivity contribution is -0.0303. The van der Waals surface area contributed by atoms with Crippen molar-refractivity contribution in [2.45, 2.75) is 18.9 Å². The van der Waals surface area contributed by atoms with Gasteiger partial charge in [-0.25, -0.2) is 9.97 Å². The number of para-hydroxylation sites is 2. The Bertz CT molecular complexity index is 723. The Morgan fingerprint density at radius 3 is 3.13 bits per heavy atom. The maximum atomic E-state index is 5.83. The topological polar surface area (TPSA) is 51.4 Å². The molecule has 1 atom stereocenters. The first-order valence-electron chi connectivity index (χ1n) is 7.96. The quantitative estimate of drug-likeness (QED) is 0.719. The van der Waals surface area contributed by atoms with Crippen LogP contribution in [-0.2, 0) is 11.2 Å². The van der Waals surface area contributed by atoms with Crippen molar-refractivity contribution in [1.29, 1.82) is 0 Å². The molecule has 6 heteroatoms. The summed E-state index contributed by atoms with van der Waals surface area (Å²) in [5.41, 5.74) is 1.82. The highest BCUT2D eigenvalue weighted by Gasteiger charge is 2.23. The lowest BCUT2D eigenvalue weighted by Gasteiger charge is -2.31. The Morgan fingerprint density at radius 1 is 1.30 bits per heavy atom. The van der Waals surface area contributed by atoms with Gasteiger partial charge in [0.2, 0.25) is 0 Å². The molecule has 0 bridgehead atoms. The number of thiazole rings is 1. The molecular formula is C17H19N3O2S. The smallest absolute Gasteiger partial charge is 0.195 e. The van der Waals surface area contributed by atoms with Gasteiger partial charge in [-0.2, -0.15) is 0 Å². The lowest BCUT2D eigenvalue weighted by atomic mass is 10.2. The predicted molar refractivity (Wildman–Crippen MR) is 89.6 cm³/mol. The molecule has 3 heterocycles. The van der Waals surface area contributed by atoms with Crippen molar-refractivity contribution in [2.24, 2.45) is 0 Å². The van der Waals surface area contributed by atoms with Crippen molar-refractivity contribution in [2.75, 3.05) is 26.2 Å². The first-order chi connectivity index (χ1) is 11.4. The van der Waals surface area contributed by atoms with E-state index >= 15 is 0 Å². The molecule has 1 aromatic carbocycles. The van der Waals surface area contributed by atoms with Gasteiger partial charge in [-0.1, -0.05) is 12.1 Å². The summed E-state index contributed by atoms with van der Waals surface area (Å²) in [4.78, 5) is 11.3. The number of oxazole rings is 1. The summed E-state index contributed by atoms with van der Waals surface area (Å²) in [6.07, 6.45) is 3.87. The van der Waals surface area contributed by atoms with Crippen molar-refractivity contribution in [1.82, 2.24) is 14.9 Å². The van der Waals surface area contributed by atoms with Gasteiger partial charge in [0.15, 0.2) is 11.5 Å². The fourth-order valence-electron chi connectivity index (χ4n) is 2.93. The number of hydrogen-bond donors (Lipinski definition) is 0. The van der Waals surface area contributed by atoms with Crippen LogP contribution in [-0.4, -0.2) is 41.1 Å². The average Bonchev–Trinajstić information content (AvgIpc) is 3.24. The number of fused-ring (bicyclic) bond motifs is 1. The number of hydrogen-bond acceptors (Lipinski definition) is 6. The molecule has 3 aromatic rings. The van der Waals surface area contributed by atoms with Crippen LogP contribution in [0.5, 0.6) is 0 Å². The number of benzene rings is 1. The summed E-state index contributed by atoms with van der Waals surface area (Å²) in [6.45, 7) is 3.70. The molecule has 1 fully saturated rings. The molecule has 1 saturated heterocycles. The zero-order valence-electron chi connectivity index (χ0n) is 12.9. The minimum absolute atomic E-state index is 0.119. The number of rotatable bonds is 5. The Labute approximate surface area is 138 Å². The highest BCUT2D eigenvalue weighted by Crippen LogP contribution is 2.24. The average molecular weight is 329 g/mol. The highest BCUT2D eigenvalue weighted by molar-refractivity contribution is 7.09. The molecule has 5 nitrogen and oxygen atoms in total. The minimum atomic E-state index is 0.119. The van der Waals surface area contributed by atoms with Crippen molar-refractivity contribution >= 4 is 22.4 Å². The molecular weight excluding hydrogens is 310 g/mol. The van der Waals surface area contributed by atoms with Gasteiger partial charge < -0.3 is 9.15 Å². The molecule has 0 N–H and O–H groups in total. The Kier molecular flexibility index (Phi) is 4.37. The third kappa shape index (κ3) is 3.44. The Hall–Kier alpha value is -1.76. The molecule has 23 heavy (non-hydrogen) atoms. The summed E-state index contributed by atoms with van der Waals surface area (Å²) >= 11 is 1.67. The summed E-state index contributed by atoms with van der Waals surface area (Å²) in [5.74, 6) is 0.830. The molecule has 0 radical (unpaired) electrons. The lowest BCUT2D eigenvalue weighted by Crippen LogP contribution is -2.38. The van der Waals surface area contributed by atoms with E-state index in [1.54, 1.807) is 11.3 Å². The van der Waals surface area contributed by atoms with Crippen molar-refractivity contribution < 1.29 is 9.15 Å². The zero-order chi connectivity index (χ0) is 15.5. The first-order valence-corrected chi connectivity index (χ1v) is 8.84. The summed E-state index contributed by atoms with van der Waals surface area (Å²) < 4.78 is 11.6. The van der Waals surface area contributed by atoms with Gasteiger partial charge in [-0.05, 0) is 25.1 Å². The van der Waals surface area contributed by atoms with Gasteiger partial charge >= 0.3 is 0 Å². The molecule has 0 spiro atoms. The van der Waals surface area contributed by atoms with Gasteiger partial charge in [-0.3, -0.25) is 4.90 Å². The third-order valence-electron chi connectivity index (χ3n) is 4.08. The van der Waals surface area contributed by atoms with E-state index in [0.717, 1.165) is 61.1 Å². The van der Waals surface area contributed by atoms with Crippen molar-refractivity contribution in [3.05, 3.63) is 46.7 Å². The second kappa shape index (κ2) is 6.78. The second-order valence-corrected chi connectivity index (χ2v) is 6.64. The Balaban J connectivity index is 1.30. The minimum Gasteiger partial charge on any atom is -0.441 e. The Morgan fingerprint density at radius 2 is 2.26 bits per heavy atom. The zero-order valence-corrected chi connectivity index (χ0v) is 13.7. The van der Waals surface area contributed by atoms with E-state index in [1.165, 1.54) is 0 Å². The molecule has 120 valence electrons. The van der Waals surface area contributed by atoms with Crippen LogP contribution in [0.4, 0.5) is 0 Å². The standard InChI is InChI=1S/C17H19N3O2S/c1-2-5-14-13(4-1)19-16(22-14)6-3-8-20-9-10-21-15(12-20)17-18-7-11-23-17/h1-2,4-5,7,11,15H,3,6,8-10,12H2/t15-/m1/s1. The molecule has 2 aromatic heterocycles. The second-order valence-electron chi connectivity index (χ2n) is 5.71. The van der Waals surface area contributed by atoms with E-state index in [0.29, 0.717) is 0 Å². The van der Waals surface area contributed by atoms with E-state index in [4.69, 9.17) is 9.15 Å². The molecule has 0 aliphatic carbocycles. The number of aromatic nitrogens is 2. The van der Waals surface area contributed by atoms with E-state index in [9.17, 15) is 0 Å². The SMILES string of the molecule is c1ccc2oc(CCCN3CCO[C@@H](c4nccs4)C3)nc2c1. The maximum absolute atomic E-state index is 5.83. The van der Waals surface area contributed by atoms with E-state index in [-0.39, 0.29) is 6.10 Å². The number of morpholine rings is 1. The molecule has 0 saturated carbocycles. The van der Waals surface area contributed by atoms with Gasteiger partial charge in [0.05, 0.1) is 6.61 Å². The molecule has 1 aliphatic heterocycles. The largest absolute Gasteiger partial charge is 0.441 e. The fourth-order valence-corrected chi connectivity index (χ4v) is 3.61. The van der Waals surface area contributed by atoms with Gasteiger partial charge in [-0.15, -0.1) is 11.3 Å². The van der Waals surface area contributed by atoms with Gasteiger partial charge in [0.25, 0.3) is 0 Å². The monoisotopic (exact) mass is 329 g/mol. The van der Waals surface area contributed by atoms with Crippen LogP contribution in [0.1, 0.15) is 23.4 Å². The summed E-state index contributed by atoms with van der Waals surface area (Å²) in [6, 6.07) is 7.92. The van der Waals surface area contributed by atoms with Crippen LogP contribution < -0.4 is 0 Å². The van der Waals surface area contributed by atoms with Crippen LogP contribution in [0.3, 0.4) is 0 Å². The summed E-state index contributed by atoms with van der Waals surface area (Å²) in [7, 11) is 0. The number of nitrogens with zero attached hydrogens (tertiary/aromatic N) is 3. The van der Waals surface area contributed by atoms with Gasteiger partial charge in [0.1, 0.15) is 16.6 Å². The van der Waals surface area contributed by atoms with E-state index < -0.39 is 0 Å². The number of ether oxygens (including phenoxy) is 1. The van der Waals surface area contributed by atoms with Crippen LogP contribution in [0.15, 0.2) is 40.3 Å².